The maximum atomic E-state index is 11.0. The number of nitro groups is 2. The summed E-state index contributed by atoms with van der Waals surface area (Å²) in [5, 5.41) is 22.0. The maximum Gasteiger partial charge on any atom is 0.269 e. The Kier molecular flexibility index (Phi) is 9.85. The van der Waals surface area contributed by atoms with Gasteiger partial charge in [0.15, 0.2) is 0 Å². The molecule has 0 spiro atoms. The highest BCUT2D eigenvalue weighted by atomic mass is 16.6. The van der Waals surface area contributed by atoms with Gasteiger partial charge in [-0.1, -0.05) is 56.9 Å². The highest BCUT2D eigenvalue weighted by Gasteiger charge is 2.41. The van der Waals surface area contributed by atoms with E-state index in [1.54, 1.807) is 24.3 Å². The third-order valence-electron chi connectivity index (χ3n) is 10.5. The van der Waals surface area contributed by atoms with Crippen LogP contribution in [0, 0.1) is 38.0 Å². The summed E-state index contributed by atoms with van der Waals surface area (Å²) in [5.41, 5.74) is 2.42. The van der Waals surface area contributed by atoms with Gasteiger partial charge in [-0.2, -0.15) is 0 Å². The minimum atomic E-state index is -0.418. The first-order valence-electron chi connectivity index (χ1n) is 16.9. The fraction of sp³-hybridized carbons (Fsp3) is 0.385. The lowest BCUT2D eigenvalue weighted by Gasteiger charge is -2.44. The topological polar surface area (TPSA) is 105 Å². The molecule has 4 aromatic rings. The zero-order chi connectivity index (χ0) is 32.8. The van der Waals surface area contributed by atoms with Crippen molar-refractivity contribution in [3.8, 4) is 23.0 Å². The largest absolute Gasteiger partial charge is 0.457 e. The Morgan fingerprint density at radius 2 is 0.936 bits per heavy atom. The SMILES string of the molecule is CCC[C@H]1CC[C@H](C2CCC(c3ccc(Oc4ccc([N+](=O)[O-])cc4)cc3)(c3ccc(Oc4ccc([N+](=O)[O-])cc4)cc3)CC2)CC1. The van der Waals surface area contributed by atoms with Crippen LogP contribution in [-0.2, 0) is 5.41 Å². The number of rotatable bonds is 11. The lowest BCUT2D eigenvalue weighted by molar-refractivity contribution is -0.385. The van der Waals surface area contributed by atoms with Crippen molar-refractivity contribution in [3.05, 3.63) is 128 Å². The molecule has 4 aromatic carbocycles. The molecule has 2 saturated carbocycles. The Morgan fingerprint density at radius 3 is 1.30 bits per heavy atom. The van der Waals surface area contributed by atoms with Crippen molar-refractivity contribution in [1.82, 2.24) is 0 Å². The quantitative estimate of drug-likeness (QED) is 0.120. The minimum Gasteiger partial charge on any atom is -0.457 e. The molecule has 47 heavy (non-hydrogen) atoms. The van der Waals surface area contributed by atoms with Crippen molar-refractivity contribution in [3.63, 3.8) is 0 Å². The first kappa shape index (κ1) is 32.2. The fourth-order valence-electron chi connectivity index (χ4n) is 7.93. The van der Waals surface area contributed by atoms with E-state index >= 15 is 0 Å². The van der Waals surface area contributed by atoms with Gasteiger partial charge in [0, 0.05) is 29.7 Å². The van der Waals surface area contributed by atoms with Crippen molar-refractivity contribution in [2.45, 2.75) is 76.5 Å². The van der Waals surface area contributed by atoms with Crippen LogP contribution in [0.4, 0.5) is 11.4 Å². The van der Waals surface area contributed by atoms with Crippen molar-refractivity contribution < 1.29 is 19.3 Å². The number of benzene rings is 4. The van der Waals surface area contributed by atoms with Gasteiger partial charge in [-0.05, 0) is 116 Å². The predicted octanol–water partition coefficient (Wildman–Crippen LogP) is 11.2. The Labute approximate surface area is 276 Å². The molecule has 0 heterocycles. The van der Waals surface area contributed by atoms with Crippen LogP contribution in [0.25, 0.3) is 0 Å². The molecule has 2 aliphatic carbocycles. The van der Waals surface area contributed by atoms with E-state index in [1.807, 2.05) is 24.3 Å². The summed E-state index contributed by atoms with van der Waals surface area (Å²) in [5.74, 6) is 4.98. The van der Waals surface area contributed by atoms with Gasteiger partial charge in [-0.15, -0.1) is 0 Å². The first-order chi connectivity index (χ1) is 22.8. The van der Waals surface area contributed by atoms with Gasteiger partial charge in [0.05, 0.1) is 9.85 Å². The molecule has 0 radical (unpaired) electrons. The van der Waals surface area contributed by atoms with Crippen LogP contribution in [0.5, 0.6) is 23.0 Å². The summed E-state index contributed by atoms with van der Waals surface area (Å²) in [6.07, 6.45) is 12.7. The van der Waals surface area contributed by atoms with Gasteiger partial charge in [0.25, 0.3) is 11.4 Å². The van der Waals surface area contributed by atoms with E-state index in [4.69, 9.17) is 9.47 Å². The fourth-order valence-corrected chi connectivity index (χ4v) is 7.93. The summed E-state index contributed by atoms with van der Waals surface area (Å²) in [7, 11) is 0. The molecule has 0 N–H and O–H groups in total. The summed E-state index contributed by atoms with van der Waals surface area (Å²) in [6, 6.07) is 28.9. The number of non-ortho nitro benzene ring substituents is 2. The Bertz CT molecular complexity index is 1530. The van der Waals surface area contributed by atoms with E-state index in [-0.39, 0.29) is 16.8 Å². The number of nitro benzene ring substituents is 2. The zero-order valence-corrected chi connectivity index (χ0v) is 26.9. The molecule has 0 atom stereocenters. The average Bonchev–Trinajstić information content (AvgIpc) is 3.10. The van der Waals surface area contributed by atoms with Crippen molar-refractivity contribution in [2.75, 3.05) is 0 Å². The van der Waals surface area contributed by atoms with Gasteiger partial charge in [0.2, 0.25) is 0 Å². The first-order valence-corrected chi connectivity index (χ1v) is 16.9. The molecular weight excluding hydrogens is 592 g/mol. The van der Waals surface area contributed by atoms with Gasteiger partial charge < -0.3 is 9.47 Å². The van der Waals surface area contributed by atoms with E-state index < -0.39 is 9.85 Å². The molecule has 244 valence electrons. The smallest absolute Gasteiger partial charge is 0.269 e. The van der Waals surface area contributed by atoms with Crippen LogP contribution in [0.1, 0.15) is 82.3 Å². The Balaban J connectivity index is 1.21. The monoisotopic (exact) mass is 634 g/mol. The van der Waals surface area contributed by atoms with Crippen molar-refractivity contribution in [1.29, 1.82) is 0 Å². The van der Waals surface area contributed by atoms with E-state index in [0.717, 1.165) is 30.6 Å². The lowest BCUT2D eigenvalue weighted by Crippen LogP contribution is -2.35. The summed E-state index contributed by atoms with van der Waals surface area (Å²) in [4.78, 5) is 21.2. The van der Waals surface area contributed by atoms with Crippen molar-refractivity contribution in [2.24, 2.45) is 17.8 Å². The molecule has 8 nitrogen and oxygen atoms in total. The van der Waals surface area contributed by atoms with Crippen LogP contribution in [0.15, 0.2) is 97.1 Å². The van der Waals surface area contributed by atoms with Crippen LogP contribution < -0.4 is 9.47 Å². The molecule has 2 aliphatic rings. The predicted molar refractivity (Wildman–Crippen MR) is 182 cm³/mol. The summed E-state index contributed by atoms with van der Waals surface area (Å²) >= 11 is 0. The number of ether oxygens (including phenoxy) is 2. The third kappa shape index (κ3) is 7.48. The molecule has 8 heteroatoms. The molecule has 2 fully saturated rings. The molecular formula is C39H42N2O6. The summed E-state index contributed by atoms with van der Waals surface area (Å²) < 4.78 is 12.1. The lowest BCUT2D eigenvalue weighted by atomic mass is 9.60. The minimum absolute atomic E-state index is 0.0309. The van der Waals surface area contributed by atoms with Crippen LogP contribution >= 0.6 is 0 Å². The number of hydrogen-bond acceptors (Lipinski definition) is 6. The summed E-state index contributed by atoms with van der Waals surface area (Å²) in [6.45, 7) is 2.30. The van der Waals surface area contributed by atoms with Crippen LogP contribution in [0.3, 0.4) is 0 Å². The normalized spacial score (nSPS) is 19.5. The highest BCUT2D eigenvalue weighted by molar-refractivity contribution is 5.46. The Hall–Kier alpha value is -4.72. The molecule has 0 saturated heterocycles. The van der Waals surface area contributed by atoms with Crippen molar-refractivity contribution >= 4 is 11.4 Å². The van der Waals surface area contributed by atoms with Gasteiger partial charge in [-0.3, -0.25) is 20.2 Å². The molecule has 0 unspecified atom stereocenters. The van der Waals surface area contributed by atoms with Crippen LogP contribution in [0.2, 0.25) is 0 Å². The number of hydrogen-bond donors (Lipinski definition) is 0. The molecule has 6 rings (SSSR count). The molecule has 0 aromatic heterocycles. The van der Waals surface area contributed by atoms with Crippen LogP contribution in [-0.4, -0.2) is 9.85 Å². The Morgan fingerprint density at radius 1 is 0.574 bits per heavy atom. The molecule has 0 aliphatic heterocycles. The van der Waals surface area contributed by atoms with E-state index in [2.05, 4.69) is 31.2 Å². The second kappa shape index (κ2) is 14.4. The van der Waals surface area contributed by atoms with Gasteiger partial charge >= 0.3 is 0 Å². The third-order valence-corrected chi connectivity index (χ3v) is 10.5. The second-order valence-corrected chi connectivity index (χ2v) is 13.2. The van der Waals surface area contributed by atoms with E-state index in [9.17, 15) is 20.2 Å². The van der Waals surface area contributed by atoms with Gasteiger partial charge in [0.1, 0.15) is 23.0 Å². The standard InChI is InChI=1S/C39H42N2O6/c1-2-3-28-4-6-29(7-5-28)30-24-26-39(27-25-30,31-8-16-35(17-9-31)46-37-20-12-33(13-21-37)40(42)43)32-10-18-36(19-11-32)47-38-22-14-34(15-23-38)41(44)45/h8-23,28-30H,2-7,24-27H2,1H3/t28-,29-. The molecule has 0 amide bonds. The number of nitrogens with zero attached hydrogens (tertiary/aromatic N) is 2. The van der Waals surface area contributed by atoms with E-state index in [1.165, 1.54) is 86.8 Å². The maximum absolute atomic E-state index is 11.0. The molecule has 0 bridgehead atoms. The average molecular weight is 635 g/mol. The van der Waals surface area contributed by atoms with E-state index in [0.29, 0.717) is 23.0 Å². The van der Waals surface area contributed by atoms with Gasteiger partial charge in [-0.25, -0.2) is 0 Å². The second-order valence-electron chi connectivity index (χ2n) is 13.2. The highest BCUT2D eigenvalue weighted by Crippen LogP contribution is 2.51. The zero-order valence-electron chi connectivity index (χ0n) is 26.9.